The van der Waals surface area contributed by atoms with E-state index in [1.807, 2.05) is 37.3 Å². The second-order valence-corrected chi connectivity index (χ2v) is 5.86. The van der Waals surface area contributed by atoms with Crippen LogP contribution in [0.25, 0.3) is 0 Å². The lowest BCUT2D eigenvalue weighted by Gasteiger charge is -2.10. The van der Waals surface area contributed by atoms with Gasteiger partial charge in [-0.1, -0.05) is 37.9 Å². The average Bonchev–Trinajstić information content (AvgIpc) is 2.34. The van der Waals surface area contributed by atoms with E-state index in [1.165, 1.54) is 5.56 Å². The van der Waals surface area contributed by atoms with Crippen molar-refractivity contribution in [1.29, 1.82) is 0 Å². The van der Waals surface area contributed by atoms with Gasteiger partial charge in [-0.25, -0.2) is 0 Å². The van der Waals surface area contributed by atoms with Gasteiger partial charge in [-0.2, -0.15) is 0 Å². The smallest absolute Gasteiger partial charge is 0.120 e. The maximum atomic E-state index is 9.74. The van der Waals surface area contributed by atoms with E-state index in [0.29, 0.717) is 12.3 Å². The molecule has 0 aliphatic heterocycles. The van der Waals surface area contributed by atoms with Gasteiger partial charge in [-0.05, 0) is 42.8 Å². The van der Waals surface area contributed by atoms with Gasteiger partial charge in [0.1, 0.15) is 5.75 Å². The first kappa shape index (κ1) is 13.4. The highest BCUT2D eigenvalue weighted by molar-refractivity contribution is 9.10. The standard InChI is InChI=1S/C14H13Br2NO/c1-9-2-4-12(7-13(9)16)17-8-10-6-11(15)3-5-14(10)18/h2-7,17-18H,8H2,1H3. The summed E-state index contributed by atoms with van der Waals surface area (Å²) in [5.74, 6) is 0.303. The maximum absolute atomic E-state index is 9.74. The minimum absolute atomic E-state index is 0.303. The third-order valence-electron chi connectivity index (χ3n) is 2.70. The Labute approximate surface area is 123 Å². The maximum Gasteiger partial charge on any atom is 0.120 e. The van der Waals surface area contributed by atoms with E-state index in [-0.39, 0.29) is 0 Å². The zero-order valence-electron chi connectivity index (χ0n) is 9.87. The van der Waals surface area contributed by atoms with Gasteiger partial charge in [0.25, 0.3) is 0 Å². The van der Waals surface area contributed by atoms with Gasteiger partial charge < -0.3 is 10.4 Å². The molecular weight excluding hydrogens is 358 g/mol. The van der Waals surface area contributed by atoms with Crippen molar-refractivity contribution in [1.82, 2.24) is 0 Å². The number of aromatic hydroxyl groups is 1. The molecule has 0 unspecified atom stereocenters. The van der Waals surface area contributed by atoms with Gasteiger partial charge in [0, 0.05) is 26.7 Å². The number of anilines is 1. The predicted molar refractivity (Wildman–Crippen MR) is 82.0 cm³/mol. The molecule has 18 heavy (non-hydrogen) atoms. The van der Waals surface area contributed by atoms with Crippen LogP contribution in [0.15, 0.2) is 45.3 Å². The van der Waals surface area contributed by atoms with Crippen LogP contribution in [0.2, 0.25) is 0 Å². The molecule has 2 nitrogen and oxygen atoms in total. The van der Waals surface area contributed by atoms with E-state index in [2.05, 4.69) is 37.2 Å². The van der Waals surface area contributed by atoms with E-state index >= 15 is 0 Å². The van der Waals surface area contributed by atoms with Crippen molar-refractivity contribution in [3.05, 3.63) is 56.5 Å². The van der Waals surface area contributed by atoms with Gasteiger partial charge >= 0.3 is 0 Å². The topological polar surface area (TPSA) is 32.3 Å². The fourth-order valence-electron chi connectivity index (χ4n) is 1.60. The molecule has 0 fully saturated rings. The monoisotopic (exact) mass is 369 g/mol. The summed E-state index contributed by atoms with van der Waals surface area (Å²) in [6.07, 6.45) is 0. The van der Waals surface area contributed by atoms with Crippen LogP contribution in [0.1, 0.15) is 11.1 Å². The molecule has 94 valence electrons. The Bertz CT molecular complexity index is 570. The summed E-state index contributed by atoms with van der Waals surface area (Å²) in [6.45, 7) is 2.63. The number of benzene rings is 2. The zero-order chi connectivity index (χ0) is 13.1. The van der Waals surface area contributed by atoms with Gasteiger partial charge in [-0.15, -0.1) is 0 Å². The molecule has 2 rings (SSSR count). The number of halogens is 2. The summed E-state index contributed by atoms with van der Waals surface area (Å²) < 4.78 is 2.04. The molecule has 0 amide bonds. The van der Waals surface area contributed by atoms with Crippen LogP contribution >= 0.6 is 31.9 Å². The van der Waals surface area contributed by atoms with Crippen molar-refractivity contribution >= 4 is 37.5 Å². The van der Waals surface area contributed by atoms with E-state index in [1.54, 1.807) is 6.07 Å². The molecule has 2 aromatic rings. The summed E-state index contributed by atoms with van der Waals surface area (Å²) in [5, 5.41) is 13.0. The van der Waals surface area contributed by atoms with E-state index in [0.717, 1.165) is 20.2 Å². The molecule has 0 aromatic heterocycles. The molecule has 0 spiro atoms. The summed E-state index contributed by atoms with van der Waals surface area (Å²) in [5.41, 5.74) is 3.08. The lowest BCUT2D eigenvalue weighted by atomic mass is 10.2. The van der Waals surface area contributed by atoms with Crippen molar-refractivity contribution in [3.63, 3.8) is 0 Å². The van der Waals surface area contributed by atoms with Gasteiger partial charge in [0.05, 0.1) is 0 Å². The highest BCUT2D eigenvalue weighted by Gasteiger charge is 2.02. The largest absolute Gasteiger partial charge is 0.508 e. The normalized spacial score (nSPS) is 10.4. The van der Waals surface area contributed by atoms with Gasteiger partial charge in [0.2, 0.25) is 0 Å². The number of aryl methyl sites for hydroxylation is 1. The summed E-state index contributed by atoms with van der Waals surface area (Å²) >= 11 is 6.90. The van der Waals surface area contributed by atoms with Crippen LogP contribution in [-0.4, -0.2) is 5.11 Å². The third-order valence-corrected chi connectivity index (χ3v) is 4.04. The molecule has 2 aromatic carbocycles. The third kappa shape index (κ3) is 3.27. The quantitative estimate of drug-likeness (QED) is 0.810. The first-order chi connectivity index (χ1) is 8.56. The highest BCUT2D eigenvalue weighted by Crippen LogP contribution is 2.24. The van der Waals surface area contributed by atoms with Crippen LogP contribution in [0, 0.1) is 6.92 Å². The summed E-state index contributed by atoms with van der Waals surface area (Å²) in [6, 6.07) is 11.5. The van der Waals surface area contributed by atoms with Crippen LogP contribution < -0.4 is 5.32 Å². The van der Waals surface area contributed by atoms with Crippen molar-refractivity contribution in [2.45, 2.75) is 13.5 Å². The second-order valence-electron chi connectivity index (χ2n) is 4.09. The minimum Gasteiger partial charge on any atom is -0.508 e. The Morgan fingerprint density at radius 1 is 1.11 bits per heavy atom. The van der Waals surface area contributed by atoms with Gasteiger partial charge in [0.15, 0.2) is 0 Å². The van der Waals surface area contributed by atoms with E-state index in [9.17, 15) is 5.11 Å². The fraction of sp³-hybridized carbons (Fsp3) is 0.143. The molecule has 0 aliphatic carbocycles. The van der Waals surface area contributed by atoms with Gasteiger partial charge in [-0.3, -0.25) is 0 Å². The van der Waals surface area contributed by atoms with Crippen LogP contribution in [0.5, 0.6) is 5.75 Å². The number of rotatable bonds is 3. The minimum atomic E-state index is 0.303. The predicted octanol–water partition coefficient (Wildman–Crippen LogP) is 4.84. The average molecular weight is 371 g/mol. The van der Waals surface area contributed by atoms with Crippen molar-refractivity contribution in [2.75, 3.05) is 5.32 Å². The van der Waals surface area contributed by atoms with Crippen molar-refractivity contribution < 1.29 is 5.11 Å². The molecule has 0 saturated carbocycles. The Kier molecular flexibility index (Phi) is 4.30. The Morgan fingerprint density at radius 2 is 1.89 bits per heavy atom. The van der Waals surface area contributed by atoms with Crippen LogP contribution in [0.3, 0.4) is 0 Å². The second kappa shape index (κ2) is 5.76. The molecule has 0 heterocycles. The molecule has 2 N–H and O–H groups in total. The molecule has 0 aliphatic rings. The molecule has 0 saturated heterocycles. The summed E-state index contributed by atoms with van der Waals surface area (Å²) in [7, 11) is 0. The van der Waals surface area contributed by atoms with Crippen LogP contribution in [-0.2, 0) is 6.54 Å². The summed E-state index contributed by atoms with van der Waals surface area (Å²) in [4.78, 5) is 0. The molecule has 4 heteroatoms. The first-order valence-electron chi connectivity index (χ1n) is 5.53. The fourth-order valence-corrected chi connectivity index (χ4v) is 2.38. The van der Waals surface area contributed by atoms with E-state index < -0.39 is 0 Å². The SMILES string of the molecule is Cc1ccc(NCc2cc(Br)ccc2O)cc1Br. The number of hydrogen-bond acceptors (Lipinski definition) is 2. The number of phenols is 1. The molecule has 0 radical (unpaired) electrons. The molecule has 0 atom stereocenters. The van der Waals surface area contributed by atoms with Crippen molar-refractivity contribution in [3.8, 4) is 5.75 Å². The lowest BCUT2D eigenvalue weighted by Crippen LogP contribution is -2.00. The van der Waals surface area contributed by atoms with Crippen LogP contribution in [0.4, 0.5) is 5.69 Å². The Hall–Kier alpha value is -1.00. The van der Waals surface area contributed by atoms with Crippen molar-refractivity contribution in [2.24, 2.45) is 0 Å². The number of nitrogens with one attached hydrogen (secondary N) is 1. The Balaban J connectivity index is 2.11. The first-order valence-corrected chi connectivity index (χ1v) is 7.12. The molecule has 0 bridgehead atoms. The lowest BCUT2D eigenvalue weighted by molar-refractivity contribution is 0.469. The Morgan fingerprint density at radius 3 is 2.61 bits per heavy atom. The van der Waals surface area contributed by atoms with E-state index in [4.69, 9.17) is 0 Å². The number of hydrogen-bond donors (Lipinski definition) is 2. The highest BCUT2D eigenvalue weighted by atomic mass is 79.9. The molecular formula is C14H13Br2NO. The number of phenolic OH excluding ortho intramolecular Hbond substituents is 1. The zero-order valence-corrected chi connectivity index (χ0v) is 13.0.